The van der Waals surface area contributed by atoms with E-state index in [1.54, 1.807) is 0 Å². The summed E-state index contributed by atoms with van der Waals surface area (Å²) in [5.74, 6) is 0. The van der Waals surface area contributed by atoms with Crippen molar-refractivity contribution in [3.63, 3.8) is 0 Å². The number of fused-ring (bicyclic) bond motifs is 6. The van der Waals surface area contributed by atoms with E-state index in [9.17, 15) is 0 Å². The third-order valence-corrected chi connectivity index (χ3v) is 12.1. The molecular weight excluding hydrogens is 685 g/mol. The van der Waals surface area contributed by atoms with Crippen LogP contribution in [-0.4, -0.2) is 4.40 Å². The number of rotatable bonds is 7. The van der Waals surface area contributed by atoms with Crippen molar-refractivity contribution in [3.05, 3.63) is 206 Å². The van der Waals surface area contributed by atoms with E-state index < -0.39 is 0 Å². The summed E-state index contributed by atoms with van der Waals surface area (Å²) in [5, 5.41) is 5.25. The smallest absolute Gasteiger partial charge is 0.109 e. The second-order valence-electron chi connectivity index (χ2n) is 14.2. The SMILES string of the molecule is c1ccc(-c2ccc(N(c3ccc(-c4ccccc4)cc3)c3ccc(-c4ccc5c(c4)c4cccc6c7cc(-c8ccccc8)sc7n5c46)cc3)cc2)cc1. The van der Waals surface area contributed by atoms with Crippen LogP contribution in [-0.2, 0) is 0 Å². The van der Waals surface area contributed by atoms with Gasteiger partial charge in [0.2, 0.25) is 0 Å². The molecule has 0 N–H and O–H groups in total. The van der Waals surface area contributed by atoms with Gasteiger partial charge in [0.1, 0.15) is 4.83 Å². The Hall–Kier alpha value is -6.94. The highest BCUT2D eigenvalue weighted by Gasteiger charge is 2.20. The molecule has 11 aromatic rings. The number of benzene rings is 8. The first-order valence-corrected chi connectivity index (χ1v) is 19.6. The van der Waals surface area contributed by atoms with Gasteiger partial charge in [-0.2, -0.15) is 0 Å². The molecule has 0 bridgehead atoms. The second-order valence-corrected chi connectivity index (χ2v) is 15.2. The first kappa shape index (κ1) is 31.6. The van der Waals surface area contributed by atoms with E-state index in [2.05, 4.69) is 216 Å². The Morgan fingerprint density at radius 1 is 0.327 bits per heavy atom. The maximum atomic E-state index is 2.49. The molecule has 0 saturated carbocycles. The molecule has 3 aromatic heterocycles. The Kier molecular flexibility index (Phi) is 7.39. The van der Waals surface area contributed by atoms with Gasteiger partial charge in [-0.05, 0) is 93.5 Å². The summed E-state index contributed by atoms with van der Waals surface area (Å²) in [5.41, 5.74) is 14.4. The Morgan fingerprint density at radius 2 is 0.764 bits per heavy atom. The van der Waals surface area contributed by atoms with Gasteiger partial charge in [0.05, 0.1) is 11.0 Å². The van der Waals surface area contributed by atoms with Crippen LogP contribution in [0.5, 0.6) is 0 Å². The molecule has 0 aliphatic carbocycles. The lowest BCUT2D eigenvalue weighted by Crippen LogP contribution is -2.09. The van der Waals surface area contributed by atoms with Crippen LogP contribution in [0.4, 0.5) is 17.1 Å². The van der Waals surface area contributed by atoms with Crippen molar-refractivity contribution in [2.45, 2.75) is 0 Å². The van der Waals surface area contributed by atoms with Gasteiger partial charge in [-0.3, -0.25) is 4.40 Å². The number of anilines is 3. The molecule has 0 radical (unpaired) electrons. The first-order chi connectivity index (χ1) is 27.3. The predicted octanol–water partition coefficient (Wildman–Crippen LogP) is 15.0. The summed E-state index contributed by atoms with van der Waals surface area (Å²) in [7, 11) is 0. The molecular formula is C52H34N2S. The predicted molar refractivity (Wildman–Crippen MR) is 235 cm³/mol. The summed E-state index contributed by atoms with van der Waals surface area (Å²) in [4.78, 5) is 4.96. The highest BCUT2D eigenvalue weighted by atomic mass is 32.1. The molecule has 11 rings (SSSR count). The van der Waals surface area contributed by atoms with Gasteiger partial charge >= 0.3 is 0 Å². The zero-order chi connectivity index (χ0) is 36.3. The molecule has 0 fully saturated rings. The lowest BCUT2D eigenvalue weighted by molar-refractivity contribution is 1.28. The molecule has 2 nitrogen and oxygen atoms in total. The molecule has 0 aliphatic heterocycles. The molecule has 0 unspecified atom stereocenters. The number of nitrogens with zero attached hydrogens (tertiary/aromatic N) is 2. The van der Waals surface area contributed by atoms with Crippen molar-refractivity contribution in [2.75, 3.05) is 4.90 Å². The fourth-order valence-corrected chi connectivity index (χ4v) is 9.48. The van der Waals surface area contributed by atoms with Crippen molar-refractivity contribution in [3.8, 4) is 43.8 Å². The normalized spacial score (nSPS) is 11.6. The minimum Gasteiger partial charge on any atom is -0.311 e. The van der Waals surface area contributed by atoms with E-state index in [0.29, 0.717) is 0 Å². The highest BCUT2D eigenvalue weighted by molar-refractivity contribution is 7.22. The molecule has 0 amide bonds. The zero-order valence-corrected chi connectivity index (χ0v) is 30.7. The molecule has 8 aromatic carbocycles. The molecule has 55 heavy (non-hydrogen) atoms. The first-order valence-electron chi connectivity index (χ1n) is 18.8. The average molecular weight is 719 g/mol. The molecule has 258 valence electrons. The number of aromatic nitrogens is 1. The van der Waals surface area contributed by atoms with E-state index >= 15 is 0 Å². The van der Waals surface area contributed by atoms with Crippen LogP contribution < -0.4 is 4.90 Å². The number of thiophene rings is 1. The minimum absolute atomic E-state index is 1.11. The molecule has 0 aliphatic rings. The lowest BCUT2D eigenvalue weighted by Gasteiger charge is -2.26. The van der Waals surface area contributed by atoms with Gasteiger partial charge in [0.25, 0.3) is 0 Å². The van der Waals surface area contributed by atoms with Crippen LogP contribution in [0.2, 0.25) is 0 Å². The maximum Gasteiger partial charge on any atom is 0.109 e. The van der Waals surface area contributed by atoms with Gasteiger partial charge in [0, 0.05) is 43.5 Å². The monoisotopic (exact) mass is 718 g/mol. The van der Waals surface area contributed by atoms with E-state index in [0.717, 1.165) is 17.1 Å². The van der Waals surface area contributed by atoms with Crippen LogP contribution in [0.1, 0.15) is 0 Å². The largest absolute Gasteiger partial charge is 0.311 e. The van der Waals surface area contributed by atoms with Gasteiger partial charge < -0.3 is 4.90 Å². The minimum atomic E-state index is 1.11. The number of hydrogen-bond acceptors (Lipinski definition) is 2. The third-order valence-electron chi connectivity index (χ3n) is 11.0. The molecule has 0 atom stereocenters. The lowest BCUT2D eigenvalue weighted by atomic mass is 10.0. The summed E-state index contributed by atoms with van der Waals surface area (Å²) in [6.07, 6.45) is 0. The van der Waals surface area contributed by atoms with Crippen molar-refractivity contribution in [1.29, 1.82) is 0 Å². The van der Waals surface area contributed by atoms with Gasteiger partial charge in [0.15, 0.2) is 0 Å². The van der Waals surface area contributed by atoms with Crippen LogP contribution in [0.25, 0.3) is 81.2 Å². The van der Waals surface area contributed by atoms with E-state index in [1.807, 2.05) is 11.3 Å². The van der Waals surface area contributed by atoms with Gasteiger partial charge in [-0.15, -0.1) is 11.3 Å². The standard InChI is InChI=1S/C52H34N2S/c1-4-11-35(12-5-1)37-19-26-42(27-20-37)53(43-28-21-38(22-29-43)36-13-6-2-7-14-36)44-30-23-39(24-31-44)41-25-32-49-47(33-41)45-17-10-18-46-48-34-50(40-15-8-3-9-16-40)55-52(48)54(49)51(45)46/h1-34H. The van der Waals surface area contributed by atoms with Crippen LogP contribution in [0.15, 0.2) is 206 Å². The summed E-state index contributed by atoms with van der Waals surface area (Å²) >= 11 is 1.88. The Balaban J connectivity index is 0.979. The number of hydrogen-bond donors (Lipinski definition) is 0. The van der Waals surface area contributed by atoms with Crippen LogP contribution in [0.3, 0.4) is 0 Å². The Labute approximate surface area is 323 Å². The van der Waals surface area contributed by atoms with Gasteiger partial charge in [-0.25, -0.2) is 0 Å². The summed E-state index contributed by atoms with van der Waals surface area (Å²) in [6.45, 7) is 0. The average Bonchev–Trinajstić information content (AvgIpc) is 3.94. The maximum absolute atomic E-state index is 2.49. The Bertz CT molecular complexity index is 3010. The van der Waals surface area contributed by atoms with Crippen molar-refractivity contribution >= 4 is 65.8 Å². The van der Waals surface area contributed by atoms with Gasteiger partial charge in [-0.1, -0.05) is 152 Å². The van der Waals surface area contributed by atoms with Crippen molar-refractivity contribution in [1.82, 2.24) is 4.40 Å². The quantitative estimate of drug-likeness (QED) is 0.159. The third kappa shape index (κ3) is 5.32. The van der Waals surface area contributed by atoms with E-state index in [-0.39, 0.29) is 0 Å². The Morgan fingerprint density at radius 3 is 1.29 bits per heavy atom. The van der Waals surface area contributed by atoms with Crippen molar-refractivity contribution < 1.29 is 0 Å². The van der Waals surface area contributed by atoms with E-state index in [4.69, 9.17) is 0 Å². The molecule has 3 heterocycles. The molecule has 0 spiro atoms. The second kappa shape index (κ2) is 12.9. The summed E-state index contributed by atoms with van der Waals surface area (Å²) in [6, 6.07) is 74.8. The topological polar surface area (TPSA) is 7.65 Å². The fourth-order valence-electron chi connectivity index (χ4n) is 8.28. The zero-order valence-electron chi connectivity index (χ0n) is 29.9. The fraction of sp³-hybridized carbons (Fsp3) is 0. The highest BCUT2D eigenvalue weighted by Crippen LogP contribution is 2.45. The summed E-state index contributed by atoms with van der Waals surface area (Å²) < 4.78 is 2.49. The van der Waals surface area contributed by atoms with Crippen molar-refractivity contribution in [2.24, 2.45) is 0 Å². The van der Waals surface area contributed by atoms with E-state index in [1.165, 1.54) is 81.2 Å². The molecule has 0 saturated heterocycles. The van der Waals surface area contributed by atoms with Crippen LogP contribution >= 0.6 is 11.3 Å². The number of para-hydroxylation sites is 1. The van der Waals surface area contributed by atoms with Crippen LogP contribution in [0, 0.1) is 0 Å². The molecule has 3 heteroatoms.